The van der Waals surface area contributed by atoms with Gasteiger partial charge >= 0.3 is 0 Å². The van der Waals surface area contributed by atoms with Gasteiger partial charge in [0.15, 0.2) is 0 Å². The summed E-state index contributed by atoms with van der Waals surface area (Å²) in [6.07, 6.45) is 2.98. The molecule has 3 heterocycles. The van der Waals surface area contributed by atoms with E-state index in [1.165, 1.54) is 5.56 Å². The molecule has 3 aromatic rings. The van der Waals surface area contributed by atoms with Crippen molar-refractivity contribution in [2.75, 3.05) is 7.11 Å². The van der Waals surface area contributed by atoms with Gasteiger partial charge in [-0.05, 0) is 42.5 Å². The van der Waals surface area contributed by atoms with Crippen molar-refractivity contribution in [2.45, 2.75) is 19.4 Å². The molecule has 0 saturated carbocycles. The Morgan fingerprint density at radius 2 is 2.21 bits per heavy atom. The Bertz CT molecular complexity index is 925. The molecule has 1 amide bonds. The fraction of sp³-hybridized carbons (Fsp3) is 0.211. The molecule has 0 bridgehead atoms. The van der Waals surface area contributed by atoms with E-state index in [2.05, 4.69) is 29.1 Å². The number of carbonyl (C=O) groups excluding carboxylic acids is 1. The smallest absolute Gasteiger partial charge is 0.248 e. The second-order valence-electron chi connectivity index (χ2n) is 6.09. The van der Waals surface area contributed by atoms with Crippen LogP contribution in [0.1, 0.15) is 28.9 Å². The normalized spacial score (nSPS) is 15.7. The summed E-state index contributed by atoms with van der Waals surface area (Å²) in [5.41, 5.74) is 10.5. The van der Waals surface area contributed by atoms with Crippen LogP contribution in [0, 0.1) is 0 Å². The van der Waals surface area contributed by atoms with Gasteiger partial charge in [0.1, 0.15) is 5.75 Å². The fourth-order valence-electron chi connectivity index (χ4n) is 3.48. The van der Waals surface area contributed by atoms with E-state index in [0.717, 1.165) is 33.9 Å². The molecule has 2 aromatic heterocycles. The van der Waals surface area contributed by atoms with Crippen LogP contribution in [0.2, 0.25) is 0 Å². The number of thiophene rings is 1. The highest BCUT2D eigenvalue weighted by atomic mass is 32.1. The molecule has 1 unspecified atom stereocenters. The molecule has 0 aliphatic carbocycles. The Labute approximate surface area is 144 Å². The summed E-state index contributed by atoms with van der Waals surface area (Å²) >= 11 is 1.68. The topological polar surface area (TPSA) is 57.2 Å². The van der Waals surface area contributed by atoms with Crippen LogP contribution in [-0.4, -0.2) is 17.6 Å². The third-order valence-electron chi connectivity index (χ3n) is 4.62. The predicted molar refractivity (Wildman–Crippen MR) is 96.7 cm³/mol. The molecule has 2 N–H and O–H groups in total. The fourth-order valence-corrected chi connectivity index (χ4v) is 4.26. The lowest BCUT2D eigenvalue weighted by atomic mass is 9.91. The molecule has 4 nitrogen and oxygen atoms in total. The van der Waals surface area contributed by atoms with Gasteiger partial charge in [0.05, 0.1) is 18.4 Å². The number of hydrogen-bond donors (Lipinski definition) is 1. The van der Waals surface area contributed by atoms with E-state index in [4.69, 9.17) is 10.5 Å². The zero-order chi connectivity index (χ0) is 16.8. The maximum absolute atomic E-state index is 11.6. The van der Waals surface area contributed by atoms with Crippen molar-refractivity contribution < 1.29 is 9.53 Å². The van der Waals surface area contributed by atoms with Crippen LogP contribution in [0.5, 0.6) is 5.75 Å². The van der Waals surface area contributed by atoms with Crippen molar-refractivity contribution in [3.8, 4) is 27.4 Å². The van der Waals surface area contributed by atoms with Crippen molar-refractivity contribution in [3.63, 3.8) is 0 Å². The summed E-state index contributed by atoms with van der Waals surface area (Å²) in [6, 6.07) is 10.2. The van der Waals surface area contributed by atoms with E-state index in [-0.39, 0.29) is 0 Å². The first-order valence-electron chi connectivity index (χ1n) is 7.86. The van der Waals surface area contributed by atoms with E-state index < -0.39 is 5.91 Å². The summed E-state index contributed by atoms with van der Waals surface area (Å²) in [6.45, 7) is 2.20. The largest absolute Gasteiger partial charge is 0.494 e. The number of nitrogens with zero attached hydrogens (tertiary/aromatic N) is 1. The molecule has 1 atom stereocenters. The summed E-state index contributed by atoms with van der Waals surface area (Å²) in [4.78, 5) is 12.8. The maximum Gasteiger partial charge on any atom is 0.248 e. The summed E-state index contributed by atoms with van der Waals surface area (Å²) in [5, 5.41) is 2.06. The molecule has 0 saturated heterocycles. The number of aromatic nitrogens is 1. The zero-order valence-corrected chi connectivity index (χ0v) is 14.4. The Kier molecular flexibility index (Phi) is 3.46. The van der Waals surface area contributed by atoms with Crippen LogP contribution in [0.15, 0.2) is 41.9 Å². The third kappa shape index (κ3) is 2.16. The lowest BCUT2D eigenvalue weighted by molar-refractivity contribution is 0.100. The molecular weight excluding hydrogens is 320 g/mol. The van der Waals surface area contributed by atoms with Gasteiger partial charge in [-0.1, -0.05) is 12.1 Å². The lowest BCUT2D eigenvalue weighted by Crippen LogP contribution is -2.17. The SMILES string of the molecule is COc1cn2c(c1-c1cccs1)-c1cc(C(N)=O)ccc1CC2C. The van der Waals surface area contributed by atoms with Crippen molar-refractivity contribution in [2.24, 2.45) is 5.73 Å². The van der Waals surface area contributed by atoms with Gasteiger partial charge in [-0.15, -0.1) is 11.3 Å². The molecule has 1 aliphatic rings. The van der Waals surface area contributed by atoms with Crippen LogP contribution in [0.25, 0.3) is 21.7 Å². The molecule has 24 heavy (non-hydrogen) atoms. The lowest BCUT2D eigenvalue weighted by Gasteiger charge is -2.26. The highest BCUT2D eigenvalue weighted by Crippen LogP contribution is 2.48. The number of carbonyl (C=O) groups is 1. The quantitative estimate of drug-likeness (QED) is 0.781. The van der Waals surface area contributed by atoms with Gasteiger partial charge in [0, 0.05) is 28.2 Å². The Balaban J connectivity index is 2.04. The number of nitrogens with two attached hydrogens (primary N) is 1. The van der Waals surface area contributed by atoms with Gasteiger partial charge in [0.2, 0.25) is 5.91 Å². The van der Waals surface area contributed by atoms with Crippen LogP contribution < -0.4 is 10.5 Å². The highest BCUT2D eigenvalue weighted by Gasteiger charge is 2.29. The monoisotopic (exact) mass is 338 g/mol. The standard InChI is InChI=1S/C19H18N2O2S/c1-11-8-12-5-6-13(19(20)22)9-14(12)18-17(16-4-3-7-24-16)15(23-2)10-21(11)18/h3-7,9-11H,8H2,1-2H3,(H2,20,22). The van der Waals surface area contributed by atoms with Gasteiger partial charge in [-0.25, -0.2) is 0 Å². The maximum atomic E-state index is 11.6. The van der Waals surface area contributed by atoms with Gasteiger partial charge in [-0.2, -0.15) is 0 Å². The molecule has 1 aromatic carbocycles. The summed E-state index contributed by atoms with van der Waals surface area (Å²) in [7, 11) is 1.70. The zero-order valence-electron chi connectivity index (χ0n) is 13.6. The van der Waals surface area contributed by atoms with E-state index in [1.807, 2.05) is 24.3 Å². The van der Waals surface area contributed by atoms with Gasteiger partial charge in [0.25, 0.3) is 0 Å². The van der Waals surface area contributed by atoms with Crippen molar-refractivity contribution in [3.05, 3.63) is 53.0 Å². The minimum atomic E-state index is -0.404. The Hall–Kier alpha value is -2.53. The van der Waals surface area contributed by atoms with E-state index in [1.54, 1.807) is 18.4 Å². The Morgan fingerprint density at radius 3 is 2.88 bits per heavy atom. The molecule has 5 heteroatoms. The van der Waals surface area contributed by atoms with Crippen molar-refractivity contribution >= 4 is 17.2 Å². The number of ether oxygens (including phenoxy) is 1. The van der Waals surface area contributed by atoms with E-state index in [0.29, 0.717) is 11.6 Å². The van der Waals surface area contributed by atoms with Crippen LogP contribution in [0.3, 0.4) is 0 Å². The first-order valence-corrected chi connectivity index (χ1v) is 8.74. The minimum Gasteiger partial charge on any atom is -0.494 e. The van der Waals surface area contributed by atoms with Gasteiger partial charge < -0.3 is 15.0 Å². The number of amides is 1. The molecule has 0 spiro atoms. The van der Waals surface area contributed by atoms with E-state index >= 15 is 0 Å². The average Bonchev–Trinajstić information content (AvgIpc) is 3.21. The molecule has 4 rings (SSSR count). The number of hydrogen-bond acceptors (Lipinski definition) is 3. The second kappa shape index (κ2) is 5.53. The molecule has 0 radical (unpaired) electrons. The number of methoxy groups -OCH3 is 1. The summed E-state index contributed by atoms with van der Waals surface area (Å²) in [5.74, 6) is 0.454. The predicted octanol–water partition coefficient (Wildman–Crippen LogP) is 4.11. The average molecular weight is 338 g/mol. The molecular formula is C19H18N2O2S. The number of rotatable bonds is 3. The Morgan fingerprint density at radius 1 is 1.38 bits per heavy atom. The van der Waals surface area contributed by atoms with Crippen LogP contribution in [0.4, 0.5) is 0 Å². The summed E-state index contributed by atoms with van der Waals surface area (Å²) < 4.78 is 7.91. The van der Waals surface area contributed by atoms with Crippen molar-refractivity contribution in [1.82, 2.24) is 4.57 Å². The molecule has 1 aliphatic heterocycles. The van der Waals surface area contributed by atoms with Gasteiger partial charge in [-0.3, -0.25) is 4.79 Å². The highest BCUT2D eigenvalue weighted by molar-refractivity contribution is 7.13. The minimum absolute atomic E-state index is 0.328. The second-order valence-corrected chi connectivity index (χ2v) is 7.04. The molecule has 0 fully saturated rings. The number of primary amides is 1. The van der Waals surface area contributed by atoms with Crippen LogP contribution >= 0.6 is 11.3 Å². The number of fused-ring (bicyclic) bond motifs is 3. The van der Waals surface area contributed by atoms with Crippen LogP contribution in [-0.2, 0) is 6.42 Å². The van der Waals surface area contributed by atoms with Crippen molar-refractivity contribution in [1.29, 1.82) is 0 Å². The first kappa shape index (κ1) is 15.0. The van der Waals surface area contributed by atoms with E-state index in [9.17, 15) is 4.79 Å². The third-order valence-corrected chi connectivity index (χ3v) is 5.51. The number of benzene rings is 1. The molecule has 122 valence electrons. The first-order chi connectivity index (χ1) is 11.6.